The summed E-state index contributed by atoms with van der Waals surface area (Å²) in [4.78, 5) is 13.9. The molecule has 0 N–H and O–H groups in total. The van der Waals surface area contributed by atoms with E-state index in [1.807, 2.05) is 26.0 Å². The number of ether oxygens (including phenoxy) is 1. The molecule has 0 saturated heterocycles. The number of hydrogen-bond donors (Lipinski definition) is 0. The average Bonchev–Trinajstić information content (AvgIpc) is 2.61. The van der Waals surface area contributed by atoms with Gasteiger partial charge < -0.3 is 14.1 Å². The number of hydrogen-bond acceptors (Lipinski definition) is 4. The van der Waals surface area contributed by atoms with Crippen LogP contribution >= 0.6 is 23.2 Å². The molecular weight excluding hydrogens is 373 g/mol. The first-order chi connectivity index (χ1) is 12.5. The molecule has 0 spiro atoms. The third-order valence-corrected chi connectivity index (χ3v) is 5.27. The third-order valence-electron chi connectivity index (χ3n) is 4.73. The summed E-state index contributed by atoms with van der Waals surface area (Å²) >= 11 is 12.3. The fourth-order valence-electron chi connectivity index (χ4n) is 3.47. The van der Waals surface area contributed by atoms with Crippen molar-refractivity contribution in [3.63, 3.8) is 0 Å². The largest absolute Gasteiger partial charge is 0.472 e. The molecule has 0 atom stereocenters. The van der Waals surface area contributed by atoms with Gasteiger partial charge in [0.2, 0.25) is 0 Å². The molecular formula is C20H17Cl2NO3. The molecule has 3 aromatic rings. The summed E-state index contributed by atoms with van der Waals surface area (Å²) in [5.74, 6) is 0.773. The van der Waals surface area contributed by atoms with Crippen LogP contribution in [-0.2, 0) is 13.0 Å². The Bertz CT molecular complexity index is 1070. The maximum absolute atomic E-state index is 11.8. The Kier molecular flexibility index (Phi) is 4.33. The molecule has 0 aliphatic carbocycles. The molecule has 1 aliphatic rings. The first kappa shape index (κ1) is 17.3. The van der Waals surface area contributed by atoms with Crippen molar-refractivity contribution in [2.45, 2.75) is 26.8 Å². The first-order valence-corrected chi connectivity index (χ1v) is 9.15. The van der Waals surface area contributed by atoms with Crippen molar-refractivity contribution < 1.29 is 9.15 Å². The number of aryl methyl sites for hydroxylation is 2. The summed E-state index contributed by atoms with van der Waals surface area (Å²) in [5.41, 5.74) is 4.01. The second-order valence-electron chi connectivity index (χ2n) is 6.38. The van der Waals surface area contributed by atoms with Crippen molar-refractivity contribution in [1.82, 2.24) is 0 Å². The fraction of sp³-hybridized carbons (Fsp3) is 0.250. The summed E-state index contributed by atoms with van der Waals surface area (Å²) in [7, 11) is 0. The highest BCUT2D eigenvalue weighted by Gasteiger charge is 2.24. The average molecular weight is 390 g/mol. The van der Waals surface area contributed by atoms with Gasteiger partial charge >= 0.3 is 5.63 Å². The molecule has 4 rings (SSSR count). The van der Waals surface area contributed by atoms with Gasteiger partial charge in [-0.05, 0) is 43.2 Å². The van der Waals surface area contributed by atoms with Crippen molar-refractivity contribution in [3.05, 3.63) is 67.5 Å². The molecule has 4 nitrogen and oxygen atoms in total. The highest BCUT2D eigenvalue weighted by atomic mass is 35.5. The van der Waals surface area contributed by atoms with Crippen LogP contribution in [-0.4, -0.2) is 6.73 Å². The van der Waals surface area contributed by atoms with Crippen LogP contribution in [0.1, 0.15) is 23.6 Å². The summed E-state index contributed by atoms with van der Waals surface area (Å²) in [5, 5.41) is 2.14. The van der Waals surface area contributed by atoms with Crippen LogP contribution in [0.5, 0.6) is 5.75 Å². The Morgan fingerprint density at radius 2 is 2.00 bits per heavy atom. The minimum atomic E-state index is -0.331. The van der Waals surface area contributed by atoms with Crippen molar-refractivity contribution in [1.29, 1.82) is 0 Å². The van der Waals surface area contributed by atoms with Gasteiger partial charge in [-0.3, -0.25) is 0 Å². The zero-order valence-electron chi connectivity index (χ0n) is 14.4. The van der Waals surface area contributed by atoms with Gasteiger partial charge in [0.25, 0.3) is 0 Å². The Balaban J connectivity index is 1.83. The SMILES string of the molecule is CCc1cc(=O)oc2c(C)c3c(cc12)CN(c1ccc(Cl)cc1Cl)CO3. The van der Waals surface area contributed by atoms with Gasteiger partial charge in [0.1, 0.15) is 11.3 Å². The molecule has 0 unspecified atom stereocenters. The molecule has 134 valence electrons. The van der Waals surface area contributed by atoms with Gasteiger partial charge in [-0.1, -0.05) is 30.1 Å². The molecule has 1 aliphatic heterocycles. The summed E-state index contributed by atoms with van der Waals surface area (Å²) in [6.07, 6.45) is 0.758. The van der Waals surface area contributed by atoms with Crippen molar-refractivity contribution in [3.8, 4) is 5.75 Å². The van der Waals surface area contributed by atoms with Crippen LogP contribution in [0, 0.1) is 6.92 Å². The highest BCUT2D eigenvalue weighted by Crippen LogP contribution is 2.38. The minimum absolute atomic E-state index is 0.331. The summed E-state index contributed by atoms with van der Waals surface area (Å²) in [6, 6.07) is 9.04. The predicted octanol–water partition coefficient (Wildman–Crippen LogP) is 5.33. The van der Waals surface area contributed by atoms with Crippen LogP contribution in [0.4, 0.5) is 5.69 Å². The number of fused-ring (bicyclic) bond motifs is 2. The Morgan fingerprint density at radius 1 is 1.19 bits per heavy atom. The number of halogens is 2. The molecule has 26 heavy (non-hydrogen) atoms. The molecule has 2 heterocycles. The Labute approximate surface area is 160 Å². The van der Waals surface area contributed by atoms with Crippen molar-refractivity contribution in [2.75, 3.05) is 11.6 Å². The molecule has 0 radical (unpaired) electrons. The predicted molar refractivity (Wildman–Crippen MR) is 105 cm³/mol. The minimum Gasteiger partial charge on any atom is -0.472 e. The first-order valence-electron chi connectivity index (χ1n) is 8.40. The van der Waals surface area contributed by atoms with Crippen LogP contribution in [0.15, 0.2) is 39.5 Å². The number of rotatable bonds is 2. The summed E-state index contributed by atoms with van der Waals surface area (Å²) in [6.45, 7) is 4.96. The van der Waals surface area contributed by atoms with Crippen LogP contribution in [0.25, 0.3) is 11.0 Å². The van der Waals surface area contributed by atoms with E-state index in [-0.39, 0.29) is 5.63 Å². The monoisotopic (exact) mass is 389 g/mol. The molecule has 0 saturated carbocycles. The topological polar surface area (TPSA) is 42.7 Å². The van der Waals surface area contributed by atoms with E-state index in [4.69, 9.17) is 32.4 Å². The lowest BCUT2D eigenvalue weighted by molar-refractivity contribution is 0.287. The number of nitrogens with zero attached hydrogens (tertiary/aromatic N) is 1. The van der Waals surface area contributed by atoms with E-state index in [0.29, 0.717) is 28.9 Å². The standard InChI is InChI=1S/C20H17Cl2NO3/c1-3-12-7-18(24)26-20-11(2)19-13(6-15(12)20)9-23(10-25-19)17-5-4-14(21)8-16(17)22/h4-8H,3,9-10H2,1-2H3. The highest BCUT2D eigenvalue weighted by molar-refractivity contribution is 6.36. The maximum atomic E-state index is 11.8. The summed E-state index contributed by atoms with van der Waals surface area (Å²) < 4.78 is 11.5. The third kappa shape index (κ3) is 2.83. The molecule has 1 aromatic heterocycles. The zero-order chi connectivity index (χ0) is 18.4. The maximum Gasteiger partial charge on any atom is 0.336 e. The molecule has 0 fully saturated rings. The fourth-order valence-corrected chi connectivity index (χ4v) is 4.00. The van der Waals surface area contributed by atoms with Gasteiger partial charge in [-0.15, -0.1) is 0 Å². The quantitative estimate of drug-likeness (QED) is 0.555. The van der Waals surface area contributed by atoms with Gasteiger partial charge in [0.05, 0.1) is 10.7 Å². The second-order valence-corrected chi connectivity index (χ2v) is 7.22. The second kappa shape index (κ2) is 6.53. The lowest BCUT2D eigenvalue weighted by atomic mass is 9.99. The molecule has 0 bridgehead atoms. The van der Waals surface area contributed by atoms with Crippen molar-refractivity contribution >= 4 is 39.9 Å². The van der Waals surface area contributed by atoms with E-state index < -0.39 is 0 Å². The van der Waals surface area contributed by atoms with Gasteiger partial charge in [-0.25, -0.2) is 4.79 Å². The van der Waals surface area contributed by atoms with E-state index in [1.54, 1.807) is 12.1 Å². The van der Waals surface area contributed by atoms with Crippen LogP contribution in [0.3, 0.4) is 0 Å². The zero-order valence-corrected chi connectivity index (χ0v) is 15.9. The van der Waals surface area contributed by atoms with E-state index in [2.05, 4.69) is 11.0 Å². The lowest BCUT2D eigenvalue weighted by Crippen LogP contribution is -2.32. The van der Waals surface area contributed by atoms with Gasteiger partial charge in [-0.2, -0.15) is 0 Å². The van der Waals surface area contributed by atoms with E-state index >= 15 is 0 Å². The van der Waals surface area contributed by atoms with Gasteiger partial charge in [0.15, 0.2) is 6.73 Å². The Morgan fingerprint density at radius 3 is 2.73 bits per heavy atom. The van der Waals surface area contributed by atoms with Crippen LogP contribution in [0.2, 0.25) is 10.0 Å². The smallest absolute Gasteiger partial charge is 0.336 e. The molecule has 2 aromatic carbocycles. The Hall–Kier alpha value is -2.17. The number of anilines is 1. The van der Waals surface area contributed by atoms with E-state index in [9.17, 15) is 4.79 Å². The molecule has 6 heteroatoms. The lowest BCUT2D eigenvalue weighted by Gasteiger charge is -2.32. The van der Waals surface area contributed by atoms with Crippen molar-refractivity contribution in [2.24, 2.45) is 0 Å². The van der Waals surface area contributed by atoms with Crippen LogP contribution < -0.4 is 15.3 Å². The van der Waals surface area contributed by atoms with Gasteiger partial charge in [0, 0.05) is 34.1 Å². The normalized spacial score (nSPS) is 13.6. The van der Waals surface area contributed by atoms with E-state index in [0.717, 1.165) is 39.9 Å². The van der Waals surface area contributed by atoms with E-state index in [1.165, 1.54) is 0 Å². The molecule has 0 amide bonds. The number of benzene rings is 2.